The molecule has 0 aliphatic carbocycles. The molecular formula is C39H50N8O10. The van der Waals surface area contributed by atoms with Crippen molar-refractivity contribution in [1.29, 1.82) is 0 Å². The molecule has 5 rings (SSSR count). The van der Waals surface area contributed by atoms with Crippen molar-refractivity contribution in [2.75, 3.05) is 84.4 Å². The molecule has 4 heterocycles. The van der Waals surface area contributed by atoms with Gasteiger partial charge in [-0.25, -0.2) is 9.80 Å². The second-order valence-corrected chi connectivity index (χ2v) is 13.5. The average molecular weight is 791 g/mol. The van der Waals surface area contributed by atoms with E-state index in [1.165, 1.54) is 5.01 Å². The minimum absolute atomic E-state index is 0.0641. The van der Waals surface area contributed by atoms with Crippen molar-refractivity contribution < 1.29 is 47.7 Å². The van der Waals surface area contributed by atoms with Gasteiger partial charge in [-0.1, -0.05) is 19.1 Å². The fourth-order valence-electron chi connectivity index (χ4n) is 6.08. The molecular weight excluding hydrogens is 740 g/mol. The van der Waals surface area contributed by atoms with Crippen molar-refractivity contribution in [2.24, 2.45) is 11.0 Å². The highest BCUT2D eigenvalue weighted by Crippen LogP contribution is 2.24. The van der Waals surface area contributed by atoms with Crippen molar-refractivity contribution in [3.05, 3.63) is 71.6 Å². The van der Waals surface area contributed by atoms with Crippen LogP contribution in [0.25, 0.3) is 0 Å². The van der Waals surface area contributed by atoms with Gasteiger partial charge in [0.15, 0.2) is 0 Å². The van der Waals surface area contributed by atoms with Gasteiger partial charge >= 0.3 is 6.03 Å². The van der Waals surface area contributed by atoms with Gasteiger partial charge in [0, 0.05) is 81.7 Å². The number of anilines is 1. The van der Waals surface area contributed by atoms with Crippen LogP contribution in [0.15, 0.2) is 60.0 Å². The van der Waals surface area contributed by atoms with Gasteiger partial charge in [-0.15, -0.1) is 0 Å². The molecule has 1 aromatic heterocycles. The van der Waals surface area contributed by atoms with Gasteiger partial charge < -0.3 is 39.8 Å². The highest BCUT2D eigenvalue weighted by atomic mass is 16.6. The van der Waals surface area contributed by atoms with E-state index in [1.807, 2.05) is 37.3 Å². The van der Waals surface area contributed by atoms with E-state index in [0.29, 0.717) is 84.3 Å². The third kappa shape index (κ3) is 13.6. The number of fused-ring (bicyclic) bond motifs is 1. The third-order valence-corrected chi connectivity index (χ3v) is 9.14. The van der Waals surface area contributed by atoms with E-state index in [2.05, 4.69) is 26.0 Å². The number of carbonyl (C=O) groups is 6. The lowest BCUT2D eigenvalue weighted by atomic mass is 9.93. The molecule has 3 aliphatic rings. The third-order valence-electron chi connectivity index (χ3n) is 9.14. The van der Waals surface area contributed by atoms with Crippen LogP contribution in [0.4, 0.5) is 10.5 Å². The summed E-state index contributed by atoms with van der Waals surface area (Å²) < 4.78 is 21.7. The first kappa shape index (κ1) is 42.6. The number of nitrogens with zero attached hydrogens (tertiary/aromatic N) is 5. The van der Waals surface area contributed by atoms with E-state index < -0.39 is 17.7 Å². The normalized spacial score (nSPS) is 16.2. The first-order valence-electron chi connectivity index (χ1n) is 19.0. The standard InChI is InChI=1S/C39H50N8O10/c1-28-23-37(52)47(44-38(28)29-3-5-32(6-4-29)43-39(53)45-25-30-9-12-40-24-31(30)26-45)14-2-11-41-33(48)10-15-54-17-19-56-21-22-57-20-18-55-16-13-42-34(49)27-46-35(50)7-8-36(46)51/h3-9,12,24,28H,2,10-11,13-23,25-27H2,1H3,(H,41,48)(H,42,49)(H,43,53). The number of rotatable bonds is 23. The molecule has 3 aliphatic heterocycles. The van der Waals surface area contributed by atoms with E-state index in [-0.39, 0.29) is 56.5 Å². The molecule has 306 valence electrons. The van der Waals surface area contributed by atoms with Gasteiger partial charge in [0.2, 0.25) is 17.7 Å². The van der Waals surface area contributed by atoms with Gasteiger partial charge in [0.25, 0.3) is 11.8 Å². The zero-order chi connectivity index (χ0) is 40.4. The number of ether oxygens (including phenoxy) is 4. The highest BCUT2D eigenvalue weighted by Gasteiger charge is 2.28. The molecule has 1 aromatic carbocycles. The van der Waals surface area contributed by atoms with Crippen molar-refractivity contribution >= 4 is 47.0 Å². The number of urea groups is 1. The number of aromatic nitrogens is 1. The Hall–Kier alpha value is -5.56. The molecule has 0 bridgehead atoms. The molecule has 0 saturated heterocycles. The zero-order valence-corrected chi connectivity index (χ0v) is 32.1. The Morgan fingerprint density at radius 1 is 0.772 bits per heavy atom. The number of hydrogen-bond donors (Lipinski definition) is 3. The summed E-state index contributed by atoms with van der Waals surface area (Å²) >= 11 is 0. The van der Waals surface area contributed by atoms with Crippen LogP contribution in [-0.2, 0) is 56.0 Å². The SMILES string of the molecule is CC1CC(=O)N(CCCNC(=O)CCOCCOCCOCCOCCNC(=O)CN2C(=O)C=CC2=O)N=C1c1ccc(NC(=O)N2Cc3ccncc3C2)cc1. The van der Waals surface area contributed by atoms with Gasteiger partial charge in [-0.2, -0.15) is 5.10 Å². The zero-order valence-electron chi connectivity index (χ0n) is 32.1. The fraction of sp³-hybridized carbons (Fsp3) is 0.487. The number of hydrazone groups is 1. The van der Waals surface area contributed by atoms with Crippen LogP contribution in [0.5, 0.6) is 0 Å². The molecule has 0 saturated carbocycles. The first-order chi connectivity index (χ1) is 27.7. The summed E-state index contributed by atoms with van der Waals surface area (Å²) in [5.41, 5.74) is 4.48. The minimum Gasteiger partial charge on any atom is -0.379 e. The van der Waals surface area contributed by atoms with Crippen LogP contribution in [0.2, 0.25) is 0 Å². The van der Waals surface area contributed by atoms with E-state index in [4.69, 9.17) is 18.9 Å². The molecule has 0 spiro atoms. The number of nitrogens with one attached hydrogen (secondary N) is 3. The maximum absolute atomic E-state index is 12.8. The molecule has 7 amide bonds. The summed E-state index contributed by atoms with van der Waals surface area (Å²) in [5.74, 6) is -1.74. The monoisotopic (exact) mass is 790 g/mol. The summed E-state index contributed by atoms with van der Waals surface area (Å²) in [6.45, 7) is 6.30. The smallest absolute Gasteiger partial charge is 0.322 e. The van der Waals surface area contributed by atoms with Crippen LogP contribution in [0, 0.1) is 5.92 Å². The first-order valence-corrected chi connectivity index (χ1v) is 19.0. The molecule has 1 unspecified atom stereocenters. The molecule has 0 radical (unpaired) electrons. The maximum atomic E-state index is 12.8. The second kappa shape index (κ2) is 22.2. The summed E-state index contributed by atoms with van der Waals surface area (Å²) in [6, 6.07) is 9.21. The highest BCUT2D eigenvalue weighted by molar-refractivity contribution is 6.14. The quantitative estimate of drug-likeness (QED) is 0.108. The maximum Gasteiger partial charge on any atom is 0.322 e. The van der Waals surface area contributed by atoms with Crippen LogP contribution in [0.3, 0.4) is 0 Å². The predicted molar refractivity (Wildman–Crippen MR) is 205 cm³/mol. The van der Waals surface area contributed by atoms with Crippen LogP contribution in [-0.4, -0.2) is 140 Å². The lowest BCUT2D eigenvalue weighted by Crippen LogP contribution is -2.41. The average Bonchev–Trinajstić information content (AvgIpc) is 3.78. The van der Waals surface area contributed by atoms with E-state index in [1.54, 1.807) is 17.3 Å². The number of amides is 7. The number of benzene rings is 1. The fourth-order valence-corrected chi connectivity index (χ4v) is 6.08. The second-order valence-electron chi connectivity index (χ2n) is 13.5. The minimum atomic E-state index is -0.506. The number of imide groups is 1. The van der Waals surface area contributed by atoms with E-state index in [0.717, 1.165) is 39.5 Å². The molecule has 1 atom stereocenters. The Balaban J connectivity index is 0.842. The van der Waals surface area contributed by atoms with Crippen molar-refractivity contribution in [2.45, 2.75) is 39.3 Å². The summed E-state index contributed by atoms with van der Waals surface area (Å²) in [7, 11) is 0. The lowest BCUT2D eigenvalue weighted by molar-refractivity contribution is -0.141. The van der Waals surface area contributed by atoms with Gasteiger partial charge in [-0.05, 0) is 41.3 Å². The van der Waals surface area contributed by atoms with Crippen LogP contribution < -0.4 is 16.0 Å². The van der Waals surface area contributed by atoms with Crippen molar-refractivity contribution in [3.8, 4) is 0 Å². The molecule has 3 N–H and O–H groups in total. The Bertz CT molecular complexity index is 1740. The summed E-state index contributed by atoms with van der Waals surface area (Å²) in [5, 5.41) is 14.5. The van der Waals surface area contributed by atoms with Gasteiger partial charge in [0.1, 0.15) is 6.54 Å². The van der Waals surface area contributed by atoms with Crippen LogP contribution in [0.1, 0.15) is 42.9 Å². The molecule has 57 heavy (non-hydrogen) atoms. The van der Waals surface area contributed by atoms with E-state index in [9.17, 15) is 28.8 Å². The topological polar surface area (TPSA) is 210 Å². The lowest BCUT2D eigenvalue weighted by Gasteiger charge is -2.28. The summed E-state index contributed by atoms with van der Waals surface area (Å²) in [4.78, 5) is 79.3. The molecule has 18 heteroatoms. The molecule has 18 nitrogen and oxygen atoms in total. The number of pyridine rings is 1. The van der Waals surface area contributed by atoms with Gasteiger partial charge in [0.05, 0.1) is 58.6 Å². The Morgan fingerprint density at radius 3 is 2.09 bits per heavy atom. The molecule has 2 aromatic rings. The van der Waals surface area contributed by atoms with Crippen molar-refractivity contribution in [1.82, 2.24) is 30.4 Å². The molecule has 0 fully saturated rings. The predicted octanol–water partition coefficient (Wildman–Crippen LogP) is 1.21. The Kier molecular flexibility index (Phi) is 16.6. The largest absolute Gasteiger partial charge is 0.379 e. The Labute approximate surface area is 330 Å². The summed E-state index contributed by atoms with van der Waals surface area (Å²) in [6.07, 6.45) is 6.84. The van der Waals surface area contributed by atoms with Crippen LogP contribution >= 0.6 is 0 Å². The van der Waals surface area contributed by atoms with Gasteiger partial charge in [-0.3, -0.25) is 33.9 Å². The van der Waals surface area contributed by atoms with Crippen molar-refractivity contribution in [3.63, 3.8) is 0 Å². The Morgan fingerprint density at radius 2 is 1.40 bits per heavy atom. The van der Waals surface area contributed by atoms with E-state index >= 15 is 0 Å². The number of hydrogen-bond acceptors (Lipinski definition) is 12. The number of carbonyl (C=O) groups excluding carboxylic acids is 6.